The number of rotatable bonds is 4. The summed E-state index contributed by atoms with van der Waals surface area (Å²) in [7, 11) is -0.0724. The van der Waals surface area contributed by atoms with Gasteiger partial charge in [-0.1, -0.05) is 40.5 Å². The fourth-order valence-corrected chi connectivity index (χ4v) is 6.73. The summed E-state index contributed by atoms with van der Waals surface area (Å²) in [5, 5.41) is 10.7. The number of aliphatic hydroxyl groups is 1. The molecule has 1 saturated heterocycles. The van der Waals surface area contributed by atoms with Gasteiger partial charge in [-0.05, 0) is 43.5 Å². The van der Waals surface area contributed by atoms with Crippen molar-refractivity contribution in [1.29, 1.82) is 0 Å². The van der Waals surface area contributed by atoms with Gasteiger partial charge in [0.25, 0.3) is 0 Å². The van der Waals surface area contributed by atoms with E-state index in [-0.39, 0.29) is 17.3 Å². The molecule has 3 heterocycles. The van der Waals surface area contributed by atoms with Crippen LogP contribution in [0.5, 0.6) is 0 Å². The maximum absolute atomic E-state index is 9.64. The minimum absolute atomic E-state index is 0.0197. The molecule has 3 N–H and O–H groups in total. The minimum atomic E-state index is -0.554. The number of benzene rings is 2. The van der Waals surface area contributed by atoms with E-state index in [1.54, 1.807) is 0 Å². The SMILES string of the molecule is Cc1ccc2nc(N3CCS(=NC4CC4)c4ccccc4C3)nc(N3CC(N)(CO)C3)c2c1. The summed E-state index contributed by atoms with van der Waals surface area (Å²) >= 11 is 0. The second kappa shape index (κ2) is 8.04. The minimum Gasteiger partial charge on any atom is -0.394 e. The average molecular weight is 463 g/mol. The maximum atomic E-state index is 9.64. The molecule has 172 valence electrons. The van der Waals surface area contributed by atoms with Crippen molar-refractivity contribution in [2.45, 2.75) is 42.8 Å². The summed E-state index contributed by atoms with van der Waals surface area (Å²) in [6.45, 7) is 4.92. The molecule has 1 unspecified atom stereocenters. The van der Waals surface area contributed by atoms with Crippen LogP contribution in [0.1, 0.15) is 24.0 Å². The van der Waals surface area contributed by atoms with Gasteiger partial charge in [-0.2, -0.15) is 4.98 Å². The van der Waals surface area contributed by atoms with Gasteiger partial charge in [-0.3, -0.25) is 4.36 Å². The van der Waals surface area contributed by atoms with Gasteiger partial charge in [-0.25, -0.2) is 4.98 Å². The molecule has 33 heavy (non-hydrogen) atoms. The van der Waals surface area contributed by atoms with Crippen molar-refractivity contribution in [1.82, 2.24) is 9.97 Å². The lowest BCUT2D eigenvalue weighted by Crippen LogP contribution is -2.69. The Balaban J connectivity index is 1.40. The molecule has 6 rings (SSSR count). The summed E-state index contributed by atoms with van der Waals surface area (Å²) in [4.78, 5) is 15.9. The molecule has 2 aromatic carbocycles. The van der Waals surface area contributed by atoms with Crippen LogP contribution in [0.3, 0.4) is 0 Å². The molecule has 2 fully saturated rings. The van der Waals surface area contributed by atoms with Gasteiger partial charge < -0.3 is 20.6 Å². The fourth-order valence-electron chi connectivity index (χ4n) is 4.66. The first kappa shape index (κ1) is 21.0. The van der Waals surface area contributed by atoms with Crippen LogP contribution in [0.15, 0.2) is 51.7 Å². The van der Waals surface area contributed by atoms with Gasteiger partial charge >= 0.3 is 0 Å². The molecule has 2 aliphatic heterocycles. The standard InChI is InChI=1S/C25H30N6OS/c1-17-6-9-21-20(12-17)23(31-14-25(26,15-31)16-32)28-24(27-21)30-10-11-33(29-19-7-8-19)22-5-3-2-4-18(22)13-30/h2-6,9,12,19,32H,7-8,10-11,13-16,26H2,1H3. The van der Waals surface area contributed by atoms with Crippen LogP contribution in [0.4, 0.5) is 11.8 Å². The number of aliphatic hydroxyl groups excluding tert-OH is 1. The fraction of sp³-hybridized carbons (Fsp3) is 0.440. The molecule has 3 aromatic rings. The number of nitrogens with zero attached hydrogens (tertiary/aromatic N) is 5. The van der Waals surface area contributed by atoms with Crippen molar-refractivity contribution in [3.05, 3.63) is 53.6 Å². The first-order valence-corrected chi connectivity index (χ1v) is 13.0. The first-order chi connectivity index (χ1) is 16.0. The molecule has 0 bridgehead atoms. The monoisotopic (exact) mass is 462 g/mol. The highest BCUT2D eigenvalue weighted by Crippen LogP contribution is 2.34. The summed E-state index contributed by atoms with van der Waals surface area (Å²) in [6.07, 6.45) is 2.47. The van der Waals surface area contributed by atoms with Crippen LogP contribution in [0.25, 0.3) is 10.9 Å². The maximum Gasteiger partial charge on any atom is 0.228 e. The molecule has 0 spiro atoms. The molecular weight excluding hydrogens is 432 g/mol. The van der Waals surface area contributed by atoms with E-state index in [4.69, 9.17) is 20.1 Å². The number of aryl methyl sites for hydroxylation is 1. The summed E-state index contributed by atoms with van der Waals surface area (Å²) < 4.78 is 5.14. The van der Waals surface area contributed by atoms with Crippen LogP contribution in [0, 0.1) is 6.92 Å². The van der Waals surface area contributed by atoms with Gasteiger partial charge in [0.1, 0.15) is 5.82 Å². The largest absolute Gasteiger partial charge is 0.394 e. The number of hydrogen-bond donors (Lipinski definition) is 2. The quantitative estimate of drug-likeness (QED) is 0.620. The zero-order valence-electron chi connectivity index (χ0n) is 18.9. The van der Waals surface area contributed by atoms with Crippen LogP contribution in [-0.2, 0) is 17.2 Å². The van der Waals surface area contributed by atoms with E-state index in [9.17, 15) is 5.11 Å². The molecule has 1 saturated carbocycles. The normalized spacial score (nSPS) is 22.2. The molecule has 1 aromatic heterocycles. The highest BCUT2D eigenvalue weighted by molar-refractivity contribution is 7.87. The summed E-state index contributed by atoms with van der Waals surface area (Å²) in [6, 6.07) is 15.6. The van der Waals surface area contributed by atoms with Gasteiger partial charge in [0.05, 0.1) is 23.7 Å². The number of nitrogens with two attached hydrogens (primary N) is 1. The lowest BCUT2D eigenvalue weighted by atomic mass is 9.92. The lowest BCUT2D eigenvalue weighted by molar-refractivity contribution is 0.167. The summed E-state index contributed by atoms with van der Waals surface area (Å²) in [5.74, 6) is 2.66. The molecule has 3 aliphatic rings. The van der Waals surface area contributed by atoms with Crippen LogP contribution < -0.4 is 15.5 Å². The number of fused-ring (bicyclic) bond motifs is 2. The average Bonchev–Trinajstić information content (AvgIpc) is 3.64. The smallest absolute Gasteiger partial charge is 0.228 e. The van der Waals surface area contributed by atoms with Crippen LogP contribution in [0.2, 0.25) is 0 Å². The van der Waals surface area contributed by atoms with Gasteiger partial charge in [0.2, 0.25) is 5.95 Å². The van der Waals surface area contributed by atoms with Crippen LogP contribution in [-0.4, -0.2) is 58.6 Å². The van der Waals surface area contributed by atoms with Gasteiger partial charge in [0, 0.05) is 42.2 Å². The highest BCUT2D eigenvalue weighted by atomic mass is 32.2. The third kappa shape index (κ3) is 4.00. The third-order valence-corrected chi connectivity index (χ3v) is 8.72. The number of aromatic nitrogens is 2. The van der Waals surface area contributed by atoms with E-state index in [1.807, 2.05) is 0 Å². The second-order valence-electron chi connectivity index (χ2n) is 9.68. The molecule has 0 amide bonds. The molecule has 8 heteroatoms. The number of hydrogen-bond acceptors (Lipinski definition) is 7. The van der Waals surface area contributed by atoms with E-state index in [0.29, 0.717) is 19.1 Å². The molecule has 1 aliphatic carbocycles. The van der Waals surface area contributed by atoms with Crippen molar-refractivity contribution in [2.75, 3.05) is 41.8 Å². The Hall–Kier alpha value is -2.55. The van der Waals surface area contributed by atoms with E-state index in [1.165, 1.54) is 28.9 Å². The highest BCUT2D eigenvalue weighted by Gasteiger charge is 2.40. The second-order valence-corrected chi connectivity index (χ2v) is 11.5. The predicted molar refractivity (Wildman–Crippen MR) is 134 cm³/mol. The Morgan fingerprint density at radius 3 is 2.76 bits per heavy atom. The zero-order chi connectivity index (χ0) is 22.6. The summed E-state index contributed by atoms with van der Waals surface area (Å²) in [5.41, 5.74) is 9.15. The van der Waals surface area contributed by atoms with Crippen molar-refractivity contribution in [3.63, 3.8) is 0 Å². The lowest BCUT2D eigenvalue weighted by Gasteiger charge is -2.47. The number of anilines is 2. The third-order valence-electron chi connectivity index (χ3n) is 6.69. The molecular formula is C25H30N6OS. The van der Waals surface area contributed by atoms with E-state index in [2.05, 4.69) is 59.2 Å². The van der Waals surface area contributed by atoms with Crippen molar-refractivity contribution >= 4 is 33.4 Å². The van der Waals surface area contributed by atoms with Crippen molar-refractivity contribution in [3.8, 4) is 0 Å². The van der Waals surface area contributed by atoms with Crippen molar-refractivity contribution < 1.29 is 5.11 Å². The Kier molecular flexibility index (Phi) is 5.12. The van der Waals surface area contributed by atoms with E-state index in [0.717, 1.165) is 41.5 Å². The van der Waals surface area contributed by atoms with E-state index < -0.39 is 5.54 Å². The Morgan fingerprint density at radius 1 is 1.15 bits per heavy atom. The zero-order valence-corrected chi connectivity index (χ0v) is 19.8. The van der Waals surface area contributed by atoms with Crippen molar-refractivity contribution in [2.24, 2.45) is 10.1 Å². The molecule has 1 atom stereocenters. The predicted octanol–water partition coefficient (Wildman–Crippen LogP) is 2.79. The first-order valence-electron chi connectivity index (χ1n) is 11.7. The Bertz CT molecular complexity index is 1250. The Labute approximate surface area is 196 Å². The van der Waals surface area contributed by atoms with Gasteiger partial charge in [-0.15, -0.1) is 0 Å². The Morgan fingerprint density at radius 2 is 1.97 bits per heavy atom. The van der Waals surface area contributed by atoms with Crippen LogP contribution >= 0.6 is 0 Å². The topological polar surface area (TPSA) is 90.9 Å². The van der Waals surface area contributed by atoms with E-state index >= 15 is 0 Å². The van der Waals surface area contributed by atoms with Gasteiger partial charge in [0.15, 0.2) is 0 Å². The molecule has 0 radical (unpaired) electrons. The molecule has 7 nitrogen and oxygen atoms in total.